The smallest absolute Gasteiger partial charge is 0.354 e. The summed E-state index contributed by atoms with van der Waals surface area (Å²) in [4.78, 5) is 13.1. The Kier molecular flexibility index (Phi) is 7.37. The van der Waals surface area contributed by atoms with Crippen LogP contribution in [0.4, 0.5) is 30.6 Å². The molecule has 176 valence electrons. The third kappa shape index (κ3) is 5.75. The number of anilines is 3. The number of aromatic nitrogens is 4. The minimum absolute atomic E-state index is 0.0451. The Morgan fingerprint density at radius 2 is 1.79 bits per heavy atom. The molecule has 11 heteroatoms. The lowest BCUT2D eigenvalue weighted by molar-refractivity contribution is -0.137. The van der Waals surface area contributed by atoms with Crippen LogP contribution in [-0.4, -0.2) is 51.3 Å². The average Bonchev–Trinajstić information content (AvgIpc) is 3.59. The highest BCUT2D eigenvalue weighted by Crippen LogP contribution is 2.39. The number of hydrogen-bond donors (Lipinski definition) is 3. The molecule has 7 nitrogen and oxygen atoms in total. The molecule has 2 aliphatic rings. The Labute approximate surface area is 203 Å². The summed E-state index contributed by atoms with van der Waals surface area (Å²) in [6.07, 6.45) is -2.29. The quantitative estimate of drug-likeness (QED) is 0.297. The third-order valence-corrected chi connectivity index (χ3v) is 5.48. The van der Waals surface area contributed by atoms with Crippen LogP contribution in [0, 0.1) is 0 Å². The molecule has 0 atom stereocenters. The number of H-pyrrole nitrogens is 1. The first-order valence-corrected chi connectivity index (χ1v) is 12.8. The summed E-state index contributed by atoms with van der Waals surface area (Å²) >= 11 is 2.15. The molecule has 0 spiro atoms. The monoisotopic (exact) mass is 571 g/mol. The number of nitrogens with zero attached hydrogens (tertiary/aromatic N) is 4. The predicted octanol–water partition coefficient (Wildman–Crippen LogP) is 4.97. The van der Waals surface area contributed by atoms with E-state index in [4.69, 9.17) is 0 Å². The summed E-state index contributed by atoms with van der Waals surface area (Å²) in [5, 5.41) is 13.6. The normalized spacial score (nSPS) is 16.2. The molecule has 3 aromatic rings. The Balaban J connectivity index is 0.00000126. The molecule has 1 aromatic carbocycles. The van der Waals surface area contributed by atoms with Crippen molar-refractivity contribution in [2.75, 3.05) is 41.3 Å². The molecule has 3 heterocycles. The Bertz CT molecular complexity index is 1080. The Hall–Kier alpha value is -2.41. The van der Waals surface area contributed by atoms with Gasteiger partial charge in [-0.05, 0) is 29.9 Å². The van der Waals surface area contributed by atoms with Crippen LogP contribution in [0.15, 0.2) is 36.4 Å². The van der Waals surface area contributed by atoms with Crippen LogP contribution in [0.1, 0.15) is 30.1 Å². The molecule has 2 aromatic heterocycles. The first kappa shape index (κ1) is 23.7. The Morgan fingerprint density at radius 3 is 2.48 bits per heavy atom. The predicted molar refractivity (Wildman–Crippen MR) is 131 cm³/mol. The lowest BCUT2D eigenvalue weighted by Gasteiger charge is -2.29. The summed E-state index contributed by atoms with van der Waals surface area (Å²) < 4.78 is 40.9. The van der Waals surface area contributed by atoms with Crippen LogP contribution in [0.2, 0.25) is 0 Å². The van der Waals surface area contributed by atoms with E-state index in [-0.39, 0.29) is 11.3 Å². The van der Waals surface area contributed by atoms with Crippen LogP contribution in [0.5, 0.6) is 0 Å². The molecule has 5 rings (SSSR count). The summed E-state index contributed by atoms with van der Waals surface area (Å²) in [6.45, 7) is 3.03. The van der Waals surface area contributed by atoms with Gasteiger partial charge in [0.25, 0.3) is 0 Å². The van der Waals surface area contributed by atoms with E-state index in [2.05, 4.69) is 58.3 Å². The maximum Gasteiger partial charge on any atom is 0.417 e. The number of pyridine rings is 1. The summed E-state index contributed by atoms with van der Waals surface area (Å²) in [7, 11) is 0. The van der Waals surface area contributed by atoms with Gasteiger partial charge in [-0.3, -0.25) is 5.10 Å². The van der Waals surface area contributed by atoms with Gasteiger partial charge in [0.05, 0.1) is 11.3 Å². The van der Waals surface area contributed by atoms with Crippen LogP contribution in [-0.2, 0) is 6.18 Å². The van der Waals surface area contributed by atoms with Gasteiger partial charge in [0.1, 0.15) is 11.6 Å². The molecular weight excluding hydrogens is 546 g/mol. The van der Waals surface area contributed by atoms with E-state index < -0.39 is 11.7 Å². The third-order valence-electron chi connectivity index (χ3n) is 5.48. The van der Waals surface area contributed by atoms with E-state index in [1.807, 2.05) is 11.0 Å². The molecular formula is C22H25F3IN7. The molecule has 0 radical (unpaired) electrons. The van der Waals surface area contributed by atoms with Crippen LogP contribution < -0.4 is 15.5 Å². The minimum Gasteiger partial charge on any atom is -0.354 e. The summed E-state index contributed by atoms with van der Waals surface area (Å²) in [6, 6.07) is 8.96. The fraction of sp³-hybridized carbons (Fsp3) is 0.409. The number of piperazine rings is 1. The molecule has 1 saturated carbocycles. The van der Waals surface area contributed by atoms with Crippen molar-refractivity contribution in [1.82, 2.24) is 25.5 Å². The molecule has 1 aliphatic carbocycles. The van der Waals surface area contributed by atoms with E-state index in [0.29, 0.717) is 23.4 Å². The SMILES string of the molecule is CI.FC(F)(F)c1ccccc1-c1cc(Nc2n[nH]c(C3CC3)n2)cc(N2CCNCC2)n1. The van der Waals surface area contributed by atoms with Crippen molar-refractivity contribution in [2.24, 2.45) is 0 Å². The van der Waals surface area contributed by atoms with Gasteiger partial charge in [-0.15, -0.1) is 5.10 Å². The molecule has 0 amide bonds. The number of alkyl halides is 4. The maximum absolute atomic E-state index is 13.6. The number of hydrogen-bond acceptors (Lipinski definition) is 6. The zero-order valence-electron chi connectivity index (χ0n) is 18.1. The number of rotatable bonds is 5. The van der Waals surface area contributed by atoms with Gasteiger partial charge in [0.2, 0.25) is 5.95 Å². The van der Waals surface area contributed by atoms with Gasteiger partial charge in [-0.25, -0.2) is 4.98 Å². The highest BCUT2D eigenvalue weighted by Gasteiger charge is 2.34. The maximum atomic E-state index is 13.6. The topological polar surface area (TPSA) is 81.8 Å². The number of nitrogens with one attached hydrogen (secondary N) is 3. The number of aromatic amines is 1. The van der Waals surface area contributed by atoms with Gasteiger partial charge < -0.3 is 15.5 Å². The van der Waals surface area contributed by atoms with Gasteiger partial charge in [-0.1, -0.05) is 40.8 Å². The van der Waals surface area contributed by atoms with E-state index in [9.17, 15) is 13.2 Å². The van der Waals surface area contributed by atoms with Crippen molar-refractivity contribution in [2.45, 2.75) is 24.9 Å². The fourth-order valence-electron chi connectivity index (χ4n) is 3.73. The van der Waals surface area contributed by atoms with Crippen molar-refractivity contribution in [3.8, 4) is 11.3 Å². The van der Waals surface area contributed by atoms with Gasteiger partial charge >= 0.3 is 6.18 Å². The molecule has 2 fully saturated rings. The van der Waals surface area contributed by atoms with E-state index in [1.54, 1.807) is 12.1 Å². The van der Waals surface area contributed by atoms with Crippen LogP contribution in [0.3, 0.4) is 0 Å². The molecule has 3 N–H and O–H groups in total. The molecule has 0 unspecified atom stereocenters. The largest absolute Gasteiger partial charge is 0.417 e. The van der Waals surface area contributed by atoms with Crippen molar-refractivity contribution in [3.63, 3.8) is 0 Å². The van der Waals surface area contributed by atoms with Crippen molar-refractivity contribution >= 4 is 40.0 Å². The first-order chi connectivity index (χ1) is 16.0. The Morgan fingerprint density at radius 1 is 1.06 bits per heavy atom. The van der Waals surface area contributed by atoms with E-state index in [1.165, 1.54) is 12.1 Å². The number of halogens is 4. The second kappa shape index (κ2) is 10.2. The molecule has 1 saturated heterocycles. The highest BCUT2D eigenvalue weighted by atomic mass is 127. The van der Waals surface area contributed by atoms with Gasteiger partial charge in [0.15, 0.2) is 0 Å². The van der Waals surface area contributed by atoms with Crippen molar-refractivity contribution in [3.05, 3.63) is 47.8 Å². The van der Waals surface area contributed by atoms with E-state index in [0.717, 1.165) is 50.9 Å². The van der Waals surface area contributed by atoms with Crippen molar-refractivity contribution in [1.29, 1.82) is 0 Å². The lowest BCUT2D eigenvalue weighted by atomic mass is 10.0. The van der Waals surface area contributed by atoms with Gasteiger partial charge in [0, 0.05) is 49.4 Å². The summed E-state index contributed by atoms with van der Waals surface area (Å²) in [5.74, 6) is 2.28. The van der Waals surface area contributed by atoms with Crippen LogP contribution >= 0.6 is 22.6 Å². The average molecular weight is 571 g/mol. The molecule has 1 aliphatic heterocycles. The second-order valence-corrected chi connectivity index (χ2v) is 7.82. The fourth-order valence-corrected chi connectivity index (χ4v) is 3.73. The zero-order valence-corrected chi connectivity index (χ0v) is 20.2. The minimum atomic E-state index is -4.47. The molecule has 33 heavy (non-hydrogen) atoms. The summed E-state index contributed by atoms with van der Waals surface area (Å²) in [5.41, 5.74) is 0.185. The number of benzene rings is 1. The van der Waals surface area contributed by atoms with Crippen molar-refractivity contribution < 1.29 is 13.2 Å². The van der Waals surface area contributed by atoms with Crippen LogP contribution in [0.25, 0.3) is 11.3 Å². The zero-order chi connectivity index (χ0) is 23.4. The molecule has 0 bridgehead atoms. The standard InChI is InChI=1S/C21H22F3N7.CH3I/c22-21(23,24)16-4-2-1-3-15(16)17-11-14(12-18(27-17)31-9-7-25-8-10-31)26-20-28-19(29-30-20)13-5-6-13;1-2/h1-4,11-13,25H,5-10H2,(H2,26,27,28,29,30);1H3. The first-order valence-electron chi connectivity index (χ1n) is 10.7. The van der Waals surface area contributed by atoms with Gasteiger partial charge in [-0.2, -0.15) is 18.2 Å². The van der Waals surface area contributed by atoms with E-state index >= 15 is 0 Å². The highest BCUT2D eigenvalue weighted by molar-refractivity contribution is 14.1. The lowest BCUT2D eigenvalue weighted by Crippen LogP contribution is -2.43. The second-order valence-electron chi connectivity index (χ2n) is 7.82.